The second-order valence-electron chi connectivity index (χ2n) is 10.7. The highest BCUT2D eigenvalue weighted by Crippen LogP contribution is 2.23. The van der Waals surface area contributed by atoms with Crippen LogP contribution >= 0.6 is 0 Å². The average Bonchev–Trinajstić information content (AvgIpc) is 3.74. The predicted octanol–water partition coefficient (Wildman–Crippen LogP) is 1.46. The molecule has 3 amide bonds. The number of carboxylic acids is 1. The first kappa shape index (κ1) is 28.2. The Hall–Kier alpha value is -4.38. The number of hydrogen-bond acceptors (Lipinski definition) is 6. The topological polar surface area (TPSA) is 164 Å². The molecule has 2 aliphatic rings. The van der Waals surface area contributed by atoms with Gasteiger partial charge in [-0.05, 0) is 61.6 Å². The van der Waals surface area contributed by atoms with Crippen molar-refractivity contribution < 1.29 is 29.4 Å². The Morgan fingerprint density at radius 3 is 2.41 bits per heavy atom. The average molecular weight is 562 g/mol. The molecule has 2 fully saturated rings. The number of aromatic hydroxyl groups is 1. The summed E-state index contributed by atoms with van der Waals surface area (Å²) in [5.41, 5.74) is 2.43. The van der Waals surface area contributed by atoms with Gasteiger partial charge in [0, 0.05) is 36.5 Å². The molecule has 2 aromatic carbocycles. The third-order valence-electron chi connectivity index (χ3n) is 7.92. The molecule has 1 aromatic heterocycles. The number of phenols is 1. The van der Waals surface area contributed by atoms with E-state index in [-0.39, 0.29) is 36.4 Å². The smallest absolute Gasteiger partial charge is 0.326 e. The molecule has 2 aliphatic heterocycles. The van der Waals surface area contributed by atoms with Crippen molar-refractivity contribution in [3.8, 4) is 5.75 Å². The van der Waals surface area contributed by atoms with Gasteiger partial charge in [0.1, 0.15) is 23.9 Å². The van der Waals surface area contributed by atoms with Crippen LogP contribution in [-0.4, -0.2) is 81.0 Å². The molecule has 0 saturated carbocycles. The minimum absolute atomic E-state index is 0.0235. The number of rotatable bonds is 10. The first-order valence-corrected chi connectivity index (χ1v) is 14.0. The van der Waals surface area contributed by atoms with E-state index >= 15 is 0 Å². The molecule has 11 heteroatoms. The Kier molecular flexibility index (Phi) is 8.53. The summed E-state index contributed by atoms with van der Waals surface area (Å²) in [6, 6.07) is 10.5. The number of likely N-dealkylation sites (tertiary alicyclic amines) is 1. The van der Waals surface area contributed by atoms with Crippen LogP contribution < -0.4 is 16.0 Å². The van der Waals surface area contributed by atoms with Gasteiger partial charge in [-0.3, -0.25) is 14.4 Å². The molecule has 41 heavy (non-hydrogen) atoms. The standard InChI is InChI=1S/C30H35N5O6/c36-20-11-9-18(10-12-20)15-25(30(40)41)34-28(38)26-8-4-14-35(26)29(39)24(33-27(37)23-7-3-13-31-23)16-19-17-32-22-6-2-1-5-21(19)22/h1-2,5-6,9-12,17,23-26,31-32,36H,3-4,7-8,13-16H2,(H,33,37)(H,34,38)(H,40,41). The fraction of sp³-hybridized carbons (Fsp3) is 0.400. The lowest BCUT2D eigenvalue weighted by molar-refractivity contribution is -0.144. The van der Waals surface area contributed by atoms with Gasteiger partial charge in [-0.15, -0.1) is 0 Å². The Morgan fingerprint density at radius 1 is 0.927 bits per heavy atom. The number of carbonyl (C=O) groups excluding carboxylic acids is 3. The molecule has 11 nitrogen and oxygen atoms in total. The number of H-pyrrole nitrogens is 1. The number of nitrogens with zero attached hydrogens (tertiary/aromatic N) is 1. The molecule has 3 heterocycles. The van der Waals surface area contributed by atoms with E-state index in [1.54, 1.807) is 12.1 Å². The van der Waals surface area contributed by atoms with Crippen LogP contribution in [0.2, 0.25) is 0 Å². The number of benzene rings is 2. The number of nitrogens with one attached hydrogen (secondary N) is 4. The van der Waals surface area contributed by atoms with Crippen molar-refractivity contribution in [3.05, 3.63) is 65.9 Å². The lowest BCUT2D eigenvalue weighted by atomic mass is 10.0. The molecule has 6 N–H and O–H groups in total. The normalized spacial score (nSPS) is 20.0. The van der Waals surface area contributed by atoms with E-state index in [1.165, 1.54) is 17.0 Å². The molecule has 2 saturated heterocycles. The number of hydrogen-bond donors (Lipinski definition) is 6. The summed E-state index contributed by atoms with van der Waals surface area (Å²) in [4.78, 5) is 57.1. The zero-order valence-corrected chi connectivity index (χ0v) is 22.6. The molecular formula is C30H35N5O6. The maximum Gasteiger partial charge on any atom is 0.326 e. The number of aromatic nitrogens is 1. The van der Waals surface area contributed by atoms with Gasteiger partial charge in [-0.25, -0.2) is 4.79 Å². The minimum Gasteiger partial charge on any atom is -0.508 e. The number of carbonyl (C=O) groups is 4. The zero-order valence-electron chi connectivity index (χ0n) is 22.6. The van der Waals surface area contributed by atoms with Gasteiger partial charge in [-0.1, -0.05) is 30.3 Å². The van der Waals surface area contributed by atoms with Crippen LogP contribution in [0.15, 0.2) is 54.7 Å². The molecular weight excluding hydrogens is 526 g/mol. The highest BCUT2D eigenvalue weighted by molar-refractivity contribution is 5.95. The fourth-order valence-corrected chi connectivity index (χ4v) is 5.74. The maximum absolute atomic E-state index is 14.0. The van der Waals surface area contributed by atoms with E-state index in [2.05, 4.69) is 20.9 Å². The molecule has 0 aliphatic carbocycles. The first-order chi connectivity index (χ1) is 19.8. The van der Waals surface area contributed by atoms with Crippen LogP contribution in [0.3, 0.4) is 0 Å². The summed E-state index contributed by atoms with van der Waals surface area (Å²) in [7, 11) is 0. The van der Waals surface area contributed by atoms with Crippen molar-refractivity contribution >= 4 is 34.6 Å². The number of aromatic amines is 1. The number of amides is 3. The van der Waals surface area contributed by atoms with Gasteiger partial charge in [0.2, 0.25) is 17.7 Å². The van der Waals surface area contributed by atoms with E-state index in [0.717, 1.165) is 29.4 Å². The van der Waals surface area contributed by atoms with Crippen molar-refractivity contribution in [1.82, 2.24) is 25.8 Å². The summed E-state index contributed by atoms with van der Waals surface area (Å²) < 4.78 is 0. The molecule has 0 bridgehead atoms. The molecule has 216 valence electrons. The summed E-state index contributed by atoms with van der Waals surface area (Å²) in [6.45, 7) is 1.07. The largest absolute Gasteiger partial charge is 0.508 e. The molecule has 4 atom stereocenters. The van der Waals surface area contributed by atoms with Crippen LogP contribution in [0.5, 0.6) is 5.75 Å². The van der Waals surface area contributed by atoms with Crippen LogP contribution in [0.1, 0.15) is 36.8 Å². The Balaban J connectivity index is 1.33. The number of fused-ring (bicyclic) bond motifs is 1. The summed E-state index contributed by atoms with van der Waals surface area (Å²) in [6.07, 6.45) is 4.63. The summed E-state index contributed by atoms with van der Waals surface area (Å²) in [5, 5.41) is 28.9. The SMILES string of the molecule is O=C(O)C(Cc1ccc(O)cc1)NC(=O)C1CCCN1C(=O)C(Cc1c[nH]c2ccccc12)NC(=O)C1CCCN1. The monoisotopic (exact) mass is 561 g/mol. The van der Waals surface area contributed by atoms with E-state index < -0.39 is 30.0 Å². The van der Waals surface area contributed by atoms with E-state index in [0.29, 0.717) is 31.4 Å². The quantitative estimate of drug-likeness (QED) is 0.218. The van der Waals surface area contributed by atoms with Crippen LogP contribution in [0, 0.1) is 0 Å². The van der Waals surface area contributed by atoms with Gasteiger partial charge in [-0.2, -0.15) is 0 Å². The second-order valence-corrected chi connectivity index (χ2v) is 10.7. The van der Waals surface area contributed by atoms with Crippen molar-refractivity contribution in [2.24, 2.45) is 0 Å². The molecule has 0 radical (unpaired) electrons. The van der Waals surface area contributed by atoms with Gasteiger partial charge in [0.15, 0.2) is 0 Å². The van der Waals surface area contributed by atoms with Crippen molar-refractivity contribution in [2.75, 3.05) is 13.1 Å². The minimum atomic E-state index is -1.21. The van der Waals surface area contributed by atoms with Crippen LogP contribution in [-0.2, 0) is 32.0 Å². The van der Waals surface area contributed by atoms with Crippen molar-refractivity contribution in [1.29, 1.82) is 0 Å². The van der Waals surface area contributed by atoms with Gasteiger partial charge < -0.3 is 36.0 Å². The number of aliphatic carboxylic acids is 1. The highest BCUT2D eigenvalue weighted by Gasteiger charge is 2.39. The maximum atomic E-state index is 14.0. The Labute approximate surface area is 237 Å². The lowest BCUT2D eigenvalue weighted by Gasteiger charge is -2.30. The number of phenolic OH excluding ortho intramolecular Hbond substituents is 1. The summed E-state index contributed by atoms with van der Waals surface area (Å²) >= 11 is 0. The third-order valence-corrected chi connectivity index (χ3v) is 7.92. The van der Waals surface area contributed by atoms with Gasteiger partial charge in [0.25, 0.3) is 0 Å². The van der Waals surface area contributed by atoms with Gasteiger partial charge >= 0.3 is 5.97 Å². The Morgan fingerprint density at radius 2 is 1.68 bits per heavy atom. The van der Waals surface area contributed by atoms with E-state index in [1.807, 2.05) is 30.5 Å². The number of carboxylic acid groups (broad SMARTS) is 1. The summed E-state index contributed by atoms with van der Waals surface area (Å²) in [5.74, 6) is -2.30. The molecule has 3 aromatic rings. The Bertz CT molecular complexity index is 1410. The zero-order chi connectivity index (χ0) is 28.9. The van der Waals surface area contributed by atoms with Crippen molar-refractivity contribution in [2.45, 2.75) is 62.7 Å². The van der Waals surface area contributed by atoms with E-state index in [4.69, 9.17) is 0 Å². The molecule has 5 rings (SSSR count). The predicted molar refractivity (Wildman–Crippen MR) is 151 cm³/mol. The van der Waals surface area contributed by atoms with Crippen LogP contribution in [0.4, 0.5) is 0 Å². The van der Waals surface area contributed by atoms with Crippen molar-refractivity contribution in [3.63, 3.8) is 0 Å². The molecule has 4 unspecified atom stereocenters. The second kappa shape index (κ2) is 12.4. The van der Waals surface area contributed by atoms with E-state index in [9.17, 15) is 29.4 Å². The number of para-hydroxylation sites is 1. The van der Waals surface area contributed by atoms with Gasteiger partial charge in [0.05, 0.1) is 6.04 Å². The third kappa shape index (κ3) is 6.51. The molecule has 0 spiro atoms. The lowest BCUT2D eigenvalue weighted by Crippen LogP contribution is -2.57. The highest BCUT2D eigenvalue weighted by atomic mass is 16.4. The van der Waals surface area contributed by atoms with Crippen LogP contribution in [0.25, 0.3) is 10.9 Å². The first-order valence-electron chi connectivity index (χ1n) is 14.0. The fourth-order valence-electron chi connectivity index (χ4n) is 5.74.